The van der Waals surface area contributed by atoms with Crippen LogP contribution in [0.5, 0.6) is 0 Å². The average Bonchev–Trinajstić information content (AvgIpc) is 2.84. The third-order valence-electron chi connectivity index (χ3n) is 5.37. The molecular weight excluding hydrogens is 292 g/mol. The van der Waals surface area contributed by atoms with E-state index >= 15 is 0 Å². The summed E-state index contributed by atoms with van der Waals surface area (Å²) in [6, 6.07) is 10.3. The Morgan fingerprint density at radius 2 is 1.91 bits per heavy atom. The molecule has 1 saturated carbocycles. The van der Waals surface area contributed by atoms with Gasteiger partial charge >= 0.3 is 6.03 Å². The van der Waals surface area contributed by atoms with Gasteiger partial charge in [-0.3, -0.25) is 4.79 Å². The van der Waals surface area contributed by atoms with E-state index in [-0.39, 0.29) is 23.7 Å². The van der Waals surface area contributed by atoms with E-state index in [1.807, 2.05) is 13.1 Å². The van der Waals surface area contributed by atoms with Crippen LogP contribution in [0.2, 0.25) is 0 Å². The van der Waals surface area contributed by atoms with Crippen LogP contribution in [0, 0.1) is 0 Å². The van der Waals surface area contributed by atoms with Gasteiger partial charge in [0.15, 0.2) is 0 Å². The van der Waals surface area contributed by atoms with Crippen molar-refractivity contribution in [3.63, 3.8) is 0 Å². The van der Waals surface area contributed by atoms with E-state index in [1.165, 1.54) is 10.5 Å². The Bertz CT molecular complexity index is 594. The number of nitrogens with two attached hydrogens (primary N) is 1. The van der Waals surface area contributed by atoms with Gasteiger partial charge < -0.3 is 21.3 Å². The first-order valence-electron chi connectivity index (χ1n) is 8.08. The molecule has 0 radical (unpaired) electrons. The number of rotatable bonds is 4. The number of hydrogen-bond acceptors (Lipinski definition) is 3. The maximum Gasteiger partial charge on any atom is 0.318 e. The second kappa shape index (κ2) is 5.85. The first kappa shape index (κ1) is 15.8. The van der Waals surface area contributed by atoms with Crippen LogP contribution in [0.15, 0.2) is 30.3 Å². The Kier molecular flexibility index (Phi) is 4.02. The highest BCUT2D eigenvalue weighted by molar-refractivity contribution is 5.84. The second-order valence-electron chi connectivity index (χ2n) is 6.73. The van der Waals surface area contributed by atoms with Gasteiger partial charge in [-0.25, -0.2) is 4.79 Å². The molecule has 2 aliphatic rings. The van der Waals surface area contributed by atoms with Crippen molar-refractivity contribution in [2.24, 2.45) is 5.73 Å². The molecule has 6 heteroatoms. The smallest absolute Gasteiger partial charge is 0.318 e. The number of nitrogens with zero attached hydrogens (tertiary/aromatic N) is 1. The van der Waals surface area contributed by atoms with Crippen LogP contribution in [0.4, 0.5) is 4.79 Å². The van der Waals surface area contributed by atoms with Crippen LogP contribution in [0.25, 0.3) is 0 Å². The summed E-state index contributed by atoms with van der Waals surface area (Å²) in [7, 11) is 2.00. The van der Waals surface area contributed by atoms with Crippen molar-refractivity contribution in [1.29, 1.82) is 0 Å². The van der Waals surface area contributed by atoms with E-state index in [0.717, 1.165) is 25.7 Å². The summed E-state index contributed by atoms with van der Waals surface area (Å²) in [4.78, 5) is 24.7. The summed E-state index contributed by atoms with van der Waals surface area (Å²) in [6.45, 7) is 0.548. The lowest BCUT2D eigenvalue weighted by atomic mass is 9.69. The molecule has 0 bridgehead atoms. The molecule has 1 aliphatic carbocycles. The number of urea groups is 1. The van der Waals surface area contributed by atoms with Crippen molar-refractivity contribution in [2.45, 2.75) is 36.8 Å². The predicted octanol–water partition coefficient (Wildman–Crippen LogP) is 0.925. The normalized spacial score (nSPS) is 30.5. The van der Waals surface area contributed by atoms with Gasteiger partial charge in [-0.2, -0.15) is 0 Å². The predicted molar refractivity (Wildman–Crippen MR) is 87.7 cm³/mol. The largest absolute Gasteiger partial charge is 0.368 e. The van der Waals surface area contributed by atoms with E-state index < -0.39 is 5.91 Å². The van der Waals surface area contributed by atoms with Crippen LogP contribution in [0.1, 0.15) is 31.2 Å². The van der Waals surface area contributed by atoms with Crippen molar-refractivity contribution in [3.8, 4) is 0 Å². The van der Waals surface area contributed by atoms with E-state index in [1.54, 1.807) is 0 Å². The molecule has 0 atom stereocenters. The SMILES string of the molecule is CNC1(c2ccccc2)CCC2(CC1)CN(CC(N)=O)C(=O)N2. The lowest BCUT2D eigenvalue weighted by Gasteiger charge is -2.45. The fourth-order valence-corrected chi connectivity index (χ4v) is 3.98. The molecule has 6 nitrogen and oxygen atoms in total. The molecular formula is C17H24N4O2. The van der Waals surface area contributed by atoms with Crippen LogP contribution >= 0.6 is 0 Å². The zero-order chi connectivity index (χ0) is 16.5. The molecule has 23 heavy (non-hydrogen) atoms. The van der Waals surface area contributed by atoms with Gasteiger partial charge in [-0.05, 0) is 38.3 Å². The lowest BCUT2D eigenvalue weighted by molar-refractivity contribution is -0.118. The highest BCUT2D eigenvalue weighted by Gasteiger charge is 2.48. The summed E-state index contributed by atoms with van der Waals surface area (Å²) in [6.07, 6.45) is 3.64. The van der Waals surface area contributed by atoms with Gasteiger partial charge in [0.1, 0.15) is 6.54 Å². The number of primary amides is 1. The van der Waals surface area contributed by atoms with E-state index in [9.17, 15) is 9.59 Å². The Balaban J connectivity index is 1.73. The molecule has 1 saturated heterocycles. The summed E-state index contributed by atoms with van der Waals surface area (Å²) in [5.74, 6) is -0.470. The minimum atomic E-state index is -0.470. The zero-order valence-electron chi connectivity index (χ0n) is 13.5. The van der Waals surface area contributed by atoms with Gasteiger partial charge in [-0.15, -0.1) is 0 Å². The molecule has 1 heterocycles. The maximum absolute atomic E-state index is 12.1. The Morgan fingerprint density at radius 1 is 1.26 bits per heavy atom. The summed E-state index contributed by atoms with van der Waals surface area (Å²) < 4.78 is 0. The van der Waals surface area contributed by atoms with Gasteiger partial charge in [-0.1, -0.05) is 30.3 Å². The minimum absolute atomic E-state index is 0.0105. The summed E-state index contributed by atoms with van der Waals surface area (Å²) >= 11 is 0. The highest BCUT2D eigenvalue weighted by Crippen LogP contribution is 2.42. The summed E-state index contributed by atoms with van der Waals surface area (Å²) in [5.41, 5.74) is 6.23. The molecule has 1 aliphatic heterocycles. The van der Waals surface area contributed by atoms with Crippen molar-refractivity contribution in [1.82, 2.24) is 15.5 Å². The molecule has 1 spiro atoms. The molecule has 3 amide bonds. The monoisotopic (exact) mass is 316 g/mol. The van der Waals surface area contributed by atoms with Crippen LogP contribution in [-0.2, 0) is 10.3 Å². The zero-order valence-corrected chi connectivity index (χ0v) is 13.5. The Morgan fingerprint density at radius 3 is 2.48 bits per heavy atom. The minimum Gasteiger partial charge on any atom is -0.368 e. The number of benzene rings is 1. The van der Waals surface area contributed by atoms with Gasteiger partial charge in [0.25, 0.3) is 0 Å². The van der Waals surface area contributed by atoms with E-state index in [0.29, 0.717) is 6.54 Å². The van der Waals surface area contributed by atoms with Crippen LogP contribution in [0.3, 0.4) is 0 Å². The molecule has 4 N–H and O–H groups in total. The quantitative estimate of drug-likeness (QED) is 0.772. The first-order valence-corrected chi connectivity index (χ1v) is 8.08. The molecule has 124 valence electrons. The third-order valence-corrected chi connectivity index (χ3v) is 5.37. The number of carbonyl (C=O) groups is 2. The number of hydrogen-bond donors (Lipinski definition) is 3. The van der Waals surface area contributed by atoms with E-state index in [4.69, 9.17) is 5.73 Å². The van der Waals surface area contributed by atoms with Gasteiger partial charge in [0, 0.05) is 12.1 Å². The first-order chi connectivity index (χ1) is 11.0. The average molecular weight is 316 g/mol. The van der Waals surface area contributed by atoms with E-state index in [2.05, 4.69) is 34.9 Å². The van der Waals surface area contributed by atoms with Crippen molar-refractivity contribution in [2.75, 3.05) is 20.1 Å². The molecule has 0 unspecified atom stereocenters. The van der Waals surface area contributed by atoms with Crippen molar-refractivity contribution < 1.29 is 9.59 Å². The lowest BCUT2D eigenvalue weighted by Crippen LogP contribution is -2.53. The maximum atomic E-state index is 12.1. The van der Waals surface area contributed by atoms with Crippen LogP contribution in [-0.4, -0.2) is 42.5 Å². The Labute approximate surface area is 136 Å². The second-order valence-corrected chi connectivity index (χ2v) is 6.73. The van der Waals surface area contributed by atoms with Crippen LogP contribution < -0.4 is 16.4 Å². The fourth-order valence-electron chi connectivity index (χ4n) is 3.98. The topological polar surface area (TPSA) is 87.5 Å². The summed E-state index contributed by atoms with van der Waals surface area (Å²) in [5, 5.41) is 6.58. The van der Waals surface area contributed by atoms with Gasteiger partial charge in [0.2, 0.25) is 5.91 Å². The molecule has 2 fully saturated rings. The molecule has 1 aromatic carbocycles. The highest BCUT2D eigenvalue weighted by atomic mass is 16.2. The van der Waals surface area contributed by atoms with Crippen molar-refractivity contribution in [3.05, 3.63) is 35.9 Å². The fraction of sp³-hybridized carbons (Fsp3) is 0.529. The number of amides is 3. The standard InChI is InChI=1S/C17H24N4O2/c1-19-17(13-5-3-2-4-6-13)9-7-16(8-10-17)12-21(11-14(18)22)15(23)20-16/h2-6,19H,7-12H2,1H3,(H2,18,22)(H,20,23). The van der Waals surface area contributed by atoms with Gasteiger partial charge in [0.05, 0.1) is 5.54 Å². The molecule has 0 aromatic heterocycles. The molecule has 1 aromatic rings. The third kappa shape index (κ3) is 2.91. The number of nitrogens with one attached hydrogen (secondary N) is 2. The van der Waals surface area contributed by atoms with Crippen molar-refractivity contribution >= 4 is 11.9 Å². The Hall–Kier alpha value is -2.08. The number of carbonyl (C=O) groups excluding carboxylic acids is 2. The molecule has 3 rings (SSSR count).